The van der Waals surface area contributed by atoms with E-state index in [-0.39, 0.29) is 24.4 Å². The van der Waals surface area contributed by atoms with Gasteiger partial charge in [0.1, 0.15) is 0 Å². The molecule has 5 nitrogen and oxygen atoms in total. The van der Waals surface area contributed by atoms with E-state index in [0.717, 1.165) is 11.3 Å². The van der Waals surface area contributed by atoms with E-state index in [4.69, 9.17) is 20.8 Å². The topological polar surface area (TPSA) is 83.4 Å². The SMILES string of the molecule is CC1(C)OB(/C=C/c2ccc(C(N)CN)nc2)OC1(C)C. The summed E-state index contributed by atoms with van der Waals surface area (Å²) < 4.78 is 11.8. The van der Waals surface area contributed by atoms with Crippen LogP contribution in [-0.2, 0) is 9.31 Å². The number of hydrogen-bond acceptors (Lipinski definition) is 5. The maximum atomic E-state index is 5.90. The predicted octanol–water partition coefficient (Wildman–Crippen LogP) is 1.68. The molecule has 1 unspecified atom stereocenters. The van der Waals surface area contributed by atoms with Crippen molar-refractivity contribution in [2.45, 2.75) is 44.9 Å². The summed E-state index contributed by atoms with van der Waals surface area (Å²) in [7, 11) is -0.346. The molecule has 1 saturated heterocycles. The second kappa shape index (κ2) is 5.89. The molecular formula is C15H24BN3O2. The van der Waals surface area contributed by atoms with Gasteiger partial charge in [-0.2, -0.15) is 0 Å². The van der Waals surface area contributed by atoms with Crippen LogP contribution >= 0.6 is 0 Å². The third-order valence-corrected chi connectivity index (χ3v) is 4.16. The van der Waals surface area contributed by atoms with Crippen LogP contribution < -0.4 is 11.5 Å². The molecule has 1 aliphatic rings. The first-order chi connectivity index (χ1) is 9.75. The number of hydrogen-bond donors (Lipinski definition) is 2. The summed E-state index contributed by atoms with van der Waals surface area (Å²) in [5.41, 5.74) is 12.5. The minimum atomic E-state index is -0.346. The summed E-state index contributed by atoms with van der Waals surface area (Å²) in [5, 5.41) is 0. The van der Waals surface area contributed by atoms with Gasteiger partial charge in [-0.3, -0.25) is 4.98 Å². The van der Waals surface area contributed by atoms with Gasteiger partial charge in [-0.25, -0.2) is 0 Å². The molecule has 4 N–H and O–H groups in total. The fourth-order valence-corrected chi connectivity index (χ4v) is 2.01. The summed E-state index contributed by atoms with van der Waals surface area (Å²) in [4.78, 5) is 4.31. The average Bonchev–Trinajstić information content (AvgIpc) is 2.64. The number of pyridine rings is 1. The molecule has 0 bridgehead atoms. The van der Waals surface area contributed by atoms with Gasteiger partial charge in [-0.05, 0) is 39.3 Å². The highest BCUT2D eigenvalue weighted by Crippen LogP contribution is 2.36. The number of nitrogens with zero attached hydrogens (tertiary/aromatic N) is 1. The van der Waals surface area contributed by atoms with E-state index >= 15 is 0 Å². The van der Waals surface area contributed by atoms with Gasteiger partial charge < -0.3 is 20.8 Å². The lowest BCUT2D eigenvalue weighted by Gasteiger charge is -2.32. The molecule has 6 heteroatoms. The maximum Gasteiger partial charge on any atom is 0.487 e. The van der Waals surface area contributed by atoms with Gasteiger partial charge in [0.25, 0.3) is 0 Å². The second-order valence-electron chi connectivity index (χ2n) is 6.34. The molecule has 0 amide bonds. The summed E-state index contributed by atoms with van der Waals surface area (Å²) >= 11 is 0. The van der Waals surface area contributed by atoms with Crippen molar-refractivity contribution in [2.24, 2.45) is 11.5 Å². The third-order valence-electron chi connectivity index (χ3n) is 4.16. The van der Waals surface area contributed by atoms with Gasteiger partial charge in [-0.1, -0.05) is 18.1 Å². The first kappa shape index (κ1) is 16.2. The molecule has 1 fully saturated rings. The summed E-state index contributed by atoms with van der Waals surface area (Å²) in [6.07, 6.45) is 3.71. The van der Waals surface area contributed by atoms with Crippen LogP contribution in [0.25, 0.3) is 6.08 Å². The molecule has 1 aromatic rings. The van der Waals surface area contributed by atoms with Crippen molar-refractivity contribution in [1.29, 1.82) is 0 Å². The zero-order valence-electron chi connectivity index (χ0n) is 13.2. The minimum Gasteiger partial charge on any atom is -0.400 e. The van der Waals surface area contributed by atoms with Crippen molar-refractivity contribution in [2.75, 3.05) is 6.54 Å². The zero-order valence-corrected chi connectivity index (χ0v) is 13.2. The van der Waals surface area contributed by atoms with Crippen molar-refractivity contribution in [3.05, 3.63) is 35.6 Å². The maximum absolute atomic E-state index is 5.90. The molecule has 2 heterocycles. The Labute approximate surface area is 126 Å². The van der Waals surface area contributed by atoms with Crippen molar-refractivity contribution in [1.82, 2.24) is 4.98 Å². The number of nitrogens with two attached hydrogens (primary N) is 2. The molecule has 1 aromatic heterocycles. The molecule has 2 rings (SSSR count). The molecule has 0 radical (unpaired) electrons. The van der Waals surface area contributed by atoms with Crippen molar-refractivity contribution in [3.63, 3.8) is 0 Å². The van der Waals surface area contributed by atoms with Gasteiger partial charge in [0, 0.05) is 12.7 Å². The van der Waals surface area contributed by atoms with Gasteiger partial charge in [0.2, 0.25) is 0 Å². The van der Waals surface area contributed by atoms with Crippen LogP contribution in [-0.4, -0.2) is 29.8 Å². The molecule has 0 spiro atoms. The Kier molecular flexibility index (Phi) is 4.53. The van der Waals surface area contributed by atoms with E-state index in [0.29, 0.717) is 6.54 Å². The Morgan fingerprint density at radius 1 is 1.24 bits per heavy atom. The molecule has 114 valence electrons. The van der Waals surface area contributed by atoms with Crippen LogP contribution in [0.5, 0.6) is 0 Å². The summed E-state index contributed by atoms with van der Waals surface area (Å²) in [6.45, 7) is 8.52. The molecule has 0 saturated carbocycles. The number of aromatic nitrogens is 1. The monoisotopic (exact) mass is 289 g/mol. The Balaban J connectivity index is 2.03. The van der Waals surface area contributed by atoms with E-state index < -0.39 is 0 Å². The average molecular weight is 289 g/mol. The Bertz CT molecular complexity index is 498. The Hall–Kier alpha value is -1.21. The van der Waals surface area contributed by atoms with Crippen LogP contribution in [0.2, 0.25) is 0 Å². The van der Waals surface area contributed by atoms with E-state index in [1.807, 2.05) is 51.9 Å². The lowest BCUT2D eigenvalue weighted by Crippen LogP contribution is -2.41. The highest BCUT2D eigenvalue weighted by atomic mass is 16.7. The lowest BCUT2D eigenvalue weighted by atomic mass is 9.89. The molecule has 0 aromatic carbocycles. The fourth-order valence-electron chi connectivity index (χ4n) is 2.01. The standard InChI is InChI=1S/C15H24BN3O2/c1-14(2)15(3,4)21-16(20-14)8-7-11-5-6-13(19-10-11)12(18)9-17/h5-8,10,12H,9,17-18H2,1-4H3/b8-7+. The van der Waals surface area contributed by atoms with Crippen LogP contribution in [0.15, 0.2) is 24.3 Å². The normalized spacial score (nSPS) is 21.9. The number of rotatable bonds is 4. The second-order valence-corrected chi connectivity index (χ2v) is 6.34. The highest BCUT2D eigenvalue weighted by molar-refractivity contribution is 6.52. The summed E-state index contributed by atoms with van der Waals surface area (Å²) in [5.74, 6) is 1.90. The van der Waals surface area contributed by atoms with Crippen LogP contribution in [0.1, 0.15) is 45.0 Å². The quantitative estimate of drug-likeness (QED) is 0.824. The molecule has 1 aliphatic heterocycles. The largest absolute Gasteiger partial charge is 0.487 e. The first-order valence-electron chi connectivity index (χ1n) is 7.20. The van der Waals surface area contributed by atoms with Gasteiger partial charge >= 0.3 is 7.12 Å². The van der Waals surface area contributed by atoms with Crippen molar-refractivity contribution < 1.29 is 9.31 Å². The van der Waals surface area contributed by atoms with Crippen LogP contribution in [0.4, 0.5) is 0 Å². The van der Waals surface area contributed by atoms with E-state index in [2.05, 4.69) is 4.98 Å². The van der Waals surface area contributed by atoms with Crippen molar-refractivity contribution >= 4 is 13.2 Å². The van der Waals surface area contributed by atoms with Gasteiger partial charge in [0.05, 0.1) is 22.9 Å². The summed E-state index contributed by atoms with van der Waals surface area (Å²) in [6, 6.07) is 3.63. The lowest BCUT2D eigenvalue weighted by molar-refractivity contribution is 0.00578. The van der Waals surface area contributed by atoms with Gasteiger partial charge in [-0.15, -0.1) is 0 Å². The first-order valence-corrected chi connectivity index (χ1v) is 7.20. The smallest absolute Gasteiger partial charge is 0.400 e. The molecule has 1 atom stereocenters. The predicted molar refractivity (Wildman–Crippen MR) is 85.3 cm³/mol. The molecule has 0 aliphatic carbocycles. The van der Waals surface area contributed by atoms with E-state index in [9.17, 15) is 0 Å². The van der Waals surface area contributed by atoms with Crippen LogP contribution in [0.3, 0.4) is 0 Å². The Morgan fingerprint density at radius 2 is 1.86 bits per heavy atom. The fraction of sp³-hybridized carbons (Fsp3) is 0.533. The molecular weight excluding hydrogens is 265 g/mol. The Morgan fingerprint density at radius 3 is 2.33 bits per heavy atom. The van der Waals surface area contributed by atoms with E-state index in [1.165, 1.54) is 0 Å². The highest BCUT2D eigenvalue weighted by Gasteiger charge is 2.49. The zero-order chi connectivity index (χ0) is 15.7. The van der Waals surface area contributed by atoms with Crippen molar-refractivity contribution in [3.8, 4) is 0 Å². The van der Waals surface area contributed by atoms with E-state index in [1.54, 1.807) is 6.20 Å². The van der Waals surface area contributed by atoms with Gasteiger partial charge in [0.15, 0.2) is 0 Å². The third kappa shape index (κ3) is 3.52. The minimum absolute atomic E-state index is 0.217. The van der Waals surface area contributed by atoms with Crippen LogP contribution in [0, 0.1) is 0 Å². The molecule has 21 heavy (non-hydrogen) atoms.